The Balaban J connectivity index is 1.89. The average molecular weight is 323 g/mol. The molecule has 2 aromatic rings. The Morgan fingerprint density at radius 1 is 1.38 bits per heavy atom. The van der Waals surface area contributed by atoms with Crippen molar-refractivity contribution in [2.75, 3.05) is 5.32 Å². The minimum atomic E-state index is -3.68. The van der Waals surface area contributed by atoms with Crippen molar-refractivity contribution in [1.82, 2.24) is 4.98 Å². The summed E-state index contributed by atoms with van der Waals surface area (Å²) in [5, 5.41) is 9.03. The van der Waals surface area contributed by atoms with E-state index in [1.807, 2.05) is 12.1 Å². The highest BCUT2D eigenvalue weighted by atomic mass is 32.2. The van der Waals surface area contributed by atoms with E-state index in [2.05, 4.69) is 36.3 Å². The van der Waals surface area contributed by atoms with Crippen molar-refractivity contribution in [3.8, 4) is 0 Å². The molecule has 1 aliphatic carbocycles. The Bertz CT molecular complexity index is 781. The van der Waals surface area contributed by atoms with Gasteiger partial charge < -0.3 is 5.32 Å². The van der Waals surface area contributed by atoms with Crippen molar-refractivity contribution in [2.24, 2.45) is 5.14 Å². The Labute approximate surface area is 128 Å². The molecule has 5 nitrogen and oxygen atoms in total. The predicted octanol–water partition coefficient (Wildman–Crippen LogP) is 2.63. The molecule has 0 amide bonds. The normalized spacial score (nSPS) is 20.2. The van der Waals surface area contributed by atoms with Crippen LogP contribution in [0.4, 0.5) is 5.13 Å². The van der Waals surface area contributed by atoms with Crippen LogP contribution in [0.3, 0.4) is 0 Å². The van der Waals surface area contributed by atoms with Crippen molar-refractivity contribution in [3.05, 3.63) is 41.6 Å². The molecule has 0 bridgehead atoms. The topological polar surface area (TPSA) is 85.1 Å². The molecule has 0 saturated heterocycles. The van der Waals surface area contributed by atoms with Crippen LogP contribution in [0.5, 0.6) is 0 Å². The number of nitrogens with one attached hydrogen (secondary N) is 1. The van der Waals surface area contributed by atoms with Gasteiger partial charge in [-0.05, 0) is 23.0 Å². The maximum Gasteiger partial charge on any atom is 0.249 e. The zero-order valence-corrected chi connectivity index (χ0v) is 13.5. The number of benzene rings is 1. The number of nitrogens with two attached hydrogens (primary N) is 1. The van der Waals surface area contributed by atoms with E-state index in [0.717, 1.165) is 17.8 Å². The first-order valence-corrected chi connectivity index (χ1v) is 8.98. The Morgan fingerprint density at radius 2 is 2.10 bits per heavy atom. The van der Waals surface area contributed by atoms with E-state index in [0.29, 0.717) is 5.13 Å². The highest BCUT2D eigenvalue weighted by molar-refractivity contribution is 7.91. The molecule has 112 valence electrons. The summed E-state index contributed by atoms with van der Waals surface area (Å²) < 4.78 is 22.7. The van der Waals surface area contributed by atoms with Crippen molar-refractivity contribution >= 4 is 26.5 Å². The third kappa shape index (κ3) is 2.68. The monoisotopic (exact) mass is 323 g/mol. The molecule has 0 aliphatic heterocycles. The van der Waals surface area contributed by atoms with Gasteiger partial charge in [-0.25, -0.2) is 18.5 Å². The van der Waals surface area contributed by atoms with Crippen LogP contribution in [0.15, 0.2) is 34.7 Å². The zero-order valence-electron chi connectivity index (χ0n) is 11.8. The molecule has 0 spiro atoms. The van der Waals surface area contributed by atoms with Gasteiger partial charge in [0, 0.05) is 0 Å². The summed E-state index contributed by atoms with van der Waals surface area (Å²) in [5.74, 6) is 0. The molecule has 1 aromatic carbocycles. The highest BCUT2D eigenvalue weighted by Crippen LogP contribution is 2.45. The number of sulfonamides is 1. The van der Waals surface area contributed by atoms with Gasteiger partial charge in [0.1, 0.15) is 0 Å². The predicted molar refractivity (Wildman–Crippen MR) is 83.9 cm³/mol. The van der Waals surface area contributed by atoms with Gasteiger partial charge in [0.05, 0.1) is 12.2 Å². The lowest BCUT2D eigenvalue weighted by Gasteiger charge is -2.19. The standard InChI is InChI=1S/C14H17N3O2S2/c1-14(2)7-11(9-5-3-4-6-10(9)14)17-13-16-8-12(20-13)21(15,18)19/h3-6,8,11H,7H2,1-2H3,(H,16,17)(H2,15,18,19). The largest absolute Gasteiger partial charge is 0.355 e. The van der Waals surface area contributed by atoms with Gasteiger partial charge in [-0.15, -0.1) is 0 Å². The molecule has 0 fully saturated rings. The Kier molecular flexibility index (Phi) is 3.31. The zero-order chi connectivity index (χ0) is 15.3. The third-order valence-corrected chi connectivity index (χ3v) is 6.18. The molecule has 1 heterocycles. The number of hydrogen-bond acceptors (Lipinski definition) is 5. The summed E-state index contributed by atoms with van der Waals surface area (Å²) in [6.07, 6.45) is 2.24. The van der Waals surface area contributed by atoms with Gasteiger partial charge >= 0.3 is 0 Å². The molecule has 1 aliphatic rings. The van der Waals surface area contributed by atoms with E-state index in [4.69, 9.17) is 5.14 Å². The molecule has 21 heavy (non-hydrogen) atoms. The molecular weight excluding hydrogens is 306 g/mol. The summed E-state index contributed by atoms with van der Waals surface area (Å²) in [6.45, 7) is 4.43. The van der Waals surface area contributed by atoms with Gasteiger partial charge in [0.25, 0.3) is 0 Å². The van der Waals surface area contributed by atoms with Gasteiger partial charge in [0.2, 0.25) is 10.0 Å². The van der Waals surface area contributed by atoms with Gasteiger partial charge in [0.15, 0.2) is 9.34 Å². The Hall–Kier alpha value is -1.44. The van der Waals surface area contributed by atoms with Crippen LogP contribution in [-0.2, 0) is 15.4 Å². The first-order valence-electron chi connectivity index (χ1n) is 6.62. The molecule has 1 unspecified atom stereocenters. The van der Waals surface area contributed by atoms with Crippen LogP contribution in [-0.4, -0.2) is 13.4 Å². The summed E-state index contributed by atoms with van der Waals surface area (Å²) in [7, 11) is -3.68. The van der Waals surface area contributed by atoms with Gasteiger partial charge in [-0.3, -0.25) is 0 Å². The minimum Gasteiger partial charge on any atom is -0.355 e. The molecular formula is C14H17N3O2S2. The fraction of sp³-hybridized carbons (Fsp3) is 0.357. The number of rotatable bonds is 3. The molecule has 7 heteroatoms. The molecule has 3 rings (SSSR count). The number of thiazole rings is 1. The highest BCUT2D eigenvalue weighted by Gasteiger charge is 2.36. The summed E-state index contributed by atoms with van der Waals surface area (Å²) in [6, 6.07) is 8.46. The number of nitrogens with zero attached hydrogens (tertiary/aromatic N) is 1. The minimum absolute atomic E-state index is 0.0792. The van der Waals surface area contributed by atoms with Crippen LogP contribution >= 0.6 is 11.3 Å². The third-order valence-electron chi connectivity index (χ3n) is 3.84. The smallest absolute Gasteiger partial charge is 0.249 e. The van der Waals surface area contributed by atoms with Crippen molar-refractivity contribution < 1.29 is 8.42 Å². The number of fused-ring (bicyclic) bond motifs is 1. The first-order chi connectivity index (χ1) is 9.77. The maximum absolute atomic E-state index is 11.3. The van der Waals surface area contributed by atoms with Crippen LogP contribution in [0, 0.1) is 0 Å². The number of anilines is 1. The van der Waals surface area contributed by atoms with Crippen molar-refractivity contribution in [1.29, 1.82) is 0 Å². The molecule has 1 atom stereocenters. The fourth-order valence-electron chi connectivity index (χ4n) is 2.88. The lowest BCUT2D eigenvalue weighted by molar-refractivity contribution is 0.493. The summed E-state index contributed by atoms with van der Waals surface area (Å²) >= 11 is 1.07. The summed E-state index contributed by atoms with van der Waals surface area (Å²) in [5.41, 5.74) is 2.66. The van der Waals surface area contributed by atoms with Gasteiger partial charge in [-0.1, -0.05) is 49.4 Å². The van der Waals surface area contributed by atoms with E-state index < -0.39 is 10.0 Å². The quantitative estimate of drug-likeness (QED) is 0.909. The molecule has 1 aromatic heterocycles. The number of primary sulfonamides is 1. The second kappa shape index (κ2) is 4.79. The second-order valence-electron chi connectivity index (χ2n) is 5.90. The Morgan fingerprint density at radius 3 is 2.76 bits per heavy atom. The number of hydrogen-bond donors (Lipinski definition) is 2. The molecule has 3 N–H and O–H groups in total. The van der Waals surface area contributed by atoms with E-state index in [-0.39, 0.29) is 15.7 Å². The lowest BCUT2D eigenvalue weighted by Crippen LogP contribution is -2.14. The SMILES string of the molecule is CC1(C)CC(Nc2ncc(S(N)(=O)=O)s2)c2ccccc21. The van der Waals surface area contributed by atoms with Crippen LogP contribution < -0.4 is 10.5 Å². The van der Waals surface area contributed by atoms with E-state index in [1.165, 1.54) is 17.3 Å². The van der Waals surface area contributed by atoms with Crippen LogP contribution in [0.1, 0.15) is 37.4 Å². The van der Waals surface area contributed by atoms with E-state index in [9.17, 15) is 8.42 Å². The number of aromatic nitrogens is 1. The van der Waals surface area contributed by atoms with E-state index >= 15 is 0 Å². The fourth-order valence-corrected chi connectivity index (χ4v) is 4.39. The lowest BCUT2D eigenvalue weighted by atomic mass is 9.86. The van der Waals surface area contributed by atoms with Crippen LogP contribution in [0.2, 0.25) is 0 Å². The molecule has 0 saturated carbocycles. The second-order valence-corrected chi connectivity index (χ2v) is 8.72. The average Bonchev–Trinajstić information content (AvgIpc) is 2.94. The van der Waals surface area contributed by atoms with Gasteiger partial charge in [-0.2, -0.15) is 0 Å². The maximum atomic E-state index is 11.3. The van der Waals surface area contributed by atoms with Crippen molar-refractivity contribution in [3.63, 3.8) is 0 Å². The van der Waals surface area contributed by atoms with Crippen LogP contribution in [0.25, 0.3) is 0 Å². The summed E-state index contributed by atoms with van der Waals surface area (Å²) in [4.78, 5) is 4.12. The molecule has 0 radical (unpaired) electrons. The van der Waals surface area contributed by atoms with Crippen molar-refractivity contribution in [2.45, 2.75) is 35.9 Å². The first kappa shape index (κ1) is 14.5. The van der Waals surface area contributed by atoms with E-state index in [1.54, 1.807) is 0 Å².